The van der Waals surface area contributed by atoms with Crippen molar-refractivity contribution in [3.63, 3.8) is 0 Å². The van der Waals surface area contributed by atoms with E-state index in [1.807, 2.05) is 5.51 Å². The number of rotatable bonds is 6. The van der Waals surface area contributed by atoms with Crippen molar-refractivity contribution >= 4 is 28.6 Å². The molecule has 8 heteroatoms. The highest BCUT2D eigenvalue weighted by atomic mass is 32.1. The Morgan fingerprint density at radius 1 is 1.44 bits per heavy atom. The van der Waals surface area contributed by atoms with Gasteiger partial charge in [-0.3, -0.25) is 9.69 Å². The molecule has 0 aromatic carbocycles. The van der Waals surface area contributed by atoms with Crippen LogP contribution in [0.5, 0.6) is 0 Å². The molecular formula is C17H22N4O2S2. The Morgan fingerprint density at radius 2 is 2.32 bits per heavy atom. The molecule has 0 radical (unpaired) electrons. The summed E-state index contributed by atoms with van der Waals surface area (Å²) in [6, 6.07) is 0. The standard InChI is InChI=1S/C17H22N4O2S2/c1-12-15(25-11-19-12)6-21-8-17(9-21)13(3-5-23-17)2-4-18-16(22)14-7-24-10-20-14/h7,10-11,13H,2-6,8-9H2,1H3,(H,18,22). The second-order valence-electron chi connectivity index (χ2n) is 6.82. The number of carbonyl (C=O) groups is 1. The molecule has 2 aliphatic rings. The van der Waals surface area contributed by atoms with E-state index in [4.69, 9.17) is 4.74 Å². The van der Waals surface area contributed by atoms with E-state index in [0.717, 1.165) is 44.8 Å². The van der Waals surface area contributed by atoms with Gasteiger partial charge in [-0.15, -0.1) is 22.7 Å². The van der Waals surface area contributed by atoms with Crippen LogP contribution in [0.2, 0.25) is 0 Å². The predicted octanol–water partition coefficient (Wildman–Crippen LogP) is 2.32. The lowest BCUT2D eigenvalue weighted by atomic mass is 9.79. The third kappa shape index (κ3) is 3.48. The van der Waals surface area contributed by atoms with Gasteiger partial charge in [-0.25, -0.2) is 9.97 Å². The first kappa shape index (κ1) is 17.1. The zero-order valence-corrected chi connectivity index (χ0v) is 15.9. The number of nitrogens with zero attached hydrogens (tertiary/aromatic N) is 3. The lowest BCUT2D eigenvalue weighted by Gasteiger charge is -2.50. The van der Waals surface area contributed by atoms with Crippen molar-refractivity contribution in [2.45, 2.75) is 31.9 Å². The van der Waals surface area contributed by atoms with Crippen molar-refractivity contribution in [1.82, 2.24) is 20.2 Å². The Kier molecular flexibility index (Phi) is 4.86. The molecule has 25 heavy (non-hydrogen) atoms. The summed E-state index contributed by atoms with van der Waals surface area (Å²) in [6.45, 7) is 6.51. The molecule has 2 aliphatic heterocycles. The van der Waals surface area contributed by atoms with Crippen LogP contribution < -0.4 is 5.32 Å². The van der Waals surface area contributed by atoms with Crippen molar-refractivity contribution in [1.29, 1.82) is 0 Å². The summed E-state index contributed by atoms with van der Waals surface area (Å²) in [5.74, 6) is 0.437. The summed E-state index contributed by atoms with van der Waals surface area (Å²) in [5.41, 5.74) is 5.24. The molecule has 1 spiro atoms. The summed E-state index contributed by atoms with van der Waals surface area (Å²) in [4.78, 5) is 24.1. The predicted molar refractivity (Wildman–Crippen MR) is 98.0 cm³/mol. The van der Waals surface area contributed by atoms with Crippen molar-refractivity contribution in [2.75, 3.05) is 26.2 Å². The van der Waals surface area contributed by atoms with Crippen LogP contribution in [0.25, 0.3) is 0 Å². The molecule has 1 unspecified atom stereocenters. The fraction of sp³-hybridized carbons (Fsp3) is 0.588. The molecular weight excluding hydrogens is 356 g/mol. The Labute approximate surface area is 155 Å². The molecule has 1 atom stereocenters. The van der Waals surface area contributed by atoms with Gasteiger partial charge in [0.15, 0.2) is 0 Å². The van der Waals surface area contributed by atoms with Crippen LogP contribution in [0.1, 0.15) is 33.9 Å². The van der Waals surface area contributed by atoms with Crippen molar-refractivity contribution < 1.29 is 9.53 Å². The second-order valence-corrected chi connectivity index (χ2v) is 8.48. The smallest absolute Gasteiger partial charge is 0.270 e. The van der Waals surface area contributed by atoms with Gasteiger partial charge in [0.1, 0.15) is 5.69 Å². The minimum Gasteiger partial charge on any atom is -0.372 e. The van der Waals surface area contributed by atoms with Crippen LogP contribution in [0.4, 0.5) is 0 Å². The maximum absolute atomic E-state index is 12.0. The molecule has 2 aromatic rings. The Hall–Kier alpha value is -1.35. The molecule has 0 bridgehead atoms. The fourth-order valence-corrected chi connectivity index (χ4v) is 5.17. The number of hydrogen-bond donors (Lipinski definition) is 1. The van der Waals surface area contributed by atoms with Gasteiger partial charge in [-0.1, -0.05) is 0 Å². The summed E-state index contributed by atoms with van der Waals surface area (Å²) in [7, 11) is 0. The van der Waals surface area contributed by atoms with E-state index in [9.17, 15) is 4.79 Å². The first-order chi connectivity index (χ1) is 12.2. The number of aryl methyl sites for hydroxylation is 1. The number of amides is 1. The number of ether oxygens (including phenoxy) is 1. The van der Waals surface area contributed by atoms with Crippen LogP contribution in [-0.2, 0) is 11.3 Å². The number of likely N-dealkylation sites (tertiary alicyclic amines) is 1. The first-order valence-electron chi connectivity index (χ1n) is 8.58. The highest BCUT2D eigenvalue weighted by molar-refractivity contribution is 7.09. The number of thiazole rings is 2. The van der Waals surface area contributed by atoms with Crippen LogP contribution in [0.3, 0.4) is 0 Å². The highest BCUT2D eigenvalue weighted by Gasteiger charge is 2.52. The van der Waals surface area contributed by atoms with E-state index in [1.54, 1.807) is 22.2 Å². The van der Waals surface area contributed by atoms with E-state index < -0.39 is 0 Å². The number of nitrogens with one attached hydrogen (secondary N) is 1. The first-order valence-corrected chi connectivity index (χ1v) is 10.4. The van der Waals surface area contributed by atoms with Crippen molar-refractivity contribution in [3.05, 3.63) is 32.7 Å². The summed E-state index contributed by atoms with van der Waals surface area (Å²) in [6.07, 6.45) is 2.04. The number of aromatic nitrogens is 2. The molecule has 134 valence electrons. The van der Waals surface area contributed by atoms with Gasteiger partial charge < -0.3 is 10.1 Å². The largest absolute Gasteiger partial charge is 0.372 e. The molecule has 1 amide bonds. The van der Waals surface area contributed by atoms with Gasteiger partial charge in [0.05, 0.1) is 22.3 Å². The lowest BCUT2D eigenvalue weighted by molar-refractivity contribution is -0.136. The summed E-state index contributed by atoms with van der Waals surface area (Å²) < 4.78 is 6.12. The normalized spacial score (nSPS) is 22.2. The SMILES string of the molecule is Cc1ncsc1CN1CC2(C1)OCCC2CCNC(=O)c1cscn1. The van der Waals surface area contributed by atoms with Gasteiger partial charge in [-0.2, -0.15) is 0 Å². The van der Waals surface area contributed by atoms with Crippen LogP contribution in [0.15, 0.2) is 16.4 Å². The molecule has 1 N–H and O–H groups in total. The zero-order valence-electron chi connectivity index (χ0n) is 14.2. The van der Waals surface area contributed by atoms with E-state index in [0.29, 0.717) is 18.2 Å². The minimum atomic E-state index is -0.0786. The number of carbonyl (C=O) groups excluding carboxylic acids is 1. The van der Waals surface area contributed by atoms with Crippen LogP contribution in [0, 0.1) is 12.8 Å². The quantitative estimate of drug-likeness (QED) is 0.836. The second kappa shape index (κ2) is 7.11. The molecule has 2 fully saturated rings. The third-order valence-electron chi connectivity index (χ3n) is 5.24. The van der Waals surface area contributed by atoms with E-state index >= 15 is 0 Å². The summed E-state index contributed by atoms with van der Waals surface area (Å²) in [5, 5.41) is 4.76. The van der Waals surface area contributed by atoms with Gasteiger partial charge in [-0.05, 0) is 25.7 Å². The van der Waals surface area contributed by atoms with E-state index in [-0.39, 0.29) is 11.5 Å². The Bertz CT molecular complexity index is 725. The summed E-state index contributed by atoms with van der Waals surface area (Å²) >= 11 is 3.17. The fourth-order valence-electron chi connectivity index (χ4n) is 3.82. The van der Waals surface area contributed by atoms with E-state index in [1.165, 1.54) is 16.2 Å². The van der Waals surface area contributed by atoms with E-state index in [2.05, 4.69) is 27.1 Å². The monoisotopic (exact) mass is 378 g/mol. The molecule has 4 heterocycles. The van der Waals surface area contributed by atoms with Crippen molar-refractivity contribution in [2.24, 2.45) is 5.92 Å². The van der Waals surface area contributed by atoms with Gasteiger partial charge in [0, 0.05) is 43.0 Å². The van der Waals surface area contributed by atoms with Gasteiger partial charge >= 0.3 is 0 Å². The Balaban J connectivity index is 1.26. The minimum absolute atomic E-state index is 0.00997. The molecule has 2 aromatic heterocycles. The molecule has 6 nitrogen and oxygen atoms in total. The number of hydrogen-bond acceptors (Lipinski definition) is 7. The maximum Gasteiger partial charge on any atom is 0.270 e. The lowest BCUT2D eigenvalue weighted by Crippen LogP contribution is -2.64. The van der Waals surface area contributed by atoms with Gasteiger partial charge in [0.2, 0.25) is 0 Å². The highest BCUT2D eigenvalue weighted by Crippen LogP contribution is 2.42. The average Bonchev–Trinajstić information content (AvgIpc) is 3.29. The molecule has 0 saturated carbocycles. The van der Waals surface area contributed by atoms with Crippen LogP contribution >= 0.6 is 22.7 Å². The van der Waals surface area contributed by atoms with Crippen molar-refractivity contribution in [3.8, 4) is 0 Å². The molecule has 0 aliphatic carbocycles. The topological polar surface area (TPSA) is 67.3 Å². The third-order valence-corrected chi connectivity index (χ3v) is 6.74. The van der Waals surface area contributed by atoms with Crippen LogP contribution in [-0.4, -0.2) is 52.6 Å². The zero-order chi connectivity index (χ0) is 17.3. The molecule has 4 rings (SSSR count). The van der Waals surface area contributed by atoms with Gasteiger partial charge in [0.25, 0.3) is 5.91 Å². The Morgan fingerprint density at radius 3 is 3.04 bits per heavy atom. The molecule has 2 saturated heterocycles. The average molecular weight is 379 g/mol. The maximum atomic E-state index is 12.0.